The van der Waals surface area contributed by atoms with Gasteiger partial charge in [0.2, 0.25) is 0 Å². The second-order valence-corrected chi connectivity index (χ2v) is 24.4. The van der Waals surface area contributed by atoms with Crippen LogP contribution in [0.2, 0.25) is 0 Å². The van der Waals surface area contributed by atoms with E-state index in [4.69, 9.17) is 4.74 Å². The van der Waals surface area contributed by atoms with Crippen molar-refractivity contribution in [1.82, 2.24) is 4.57 Å². The number of hydrogen-bond acceptors (Lipinski definition) is 2. The van der Waals surface area contributed by atoms with Gasteiger partial charge in [-0.1, -0.05) is 248 Å². The molecular formula is C83H74N2O. The highest BCUT2D eigenvalue weighted by molar-refractivity contribution is 6.11. The van der Waals surface area contributed by atoms with Crippen LogP contribution in [0.15, 0.2) is 274 Å². The molecule has 0 radical (unpaired) electrons. The molecule has 3 heteroatoms. The van der Waals surface area contributed by atoms with Crippen LogP contribution in [-0.4, -0.2) is 11.2 Å². The summed E-state index contributed by atoms with van der Waals surface area (Å²) in [5.41, 5.74) is 23.9. The predicted molar refractivity (Wildman–Crippen MR) is 367 cm³/mol. The second-order valence-electron chi connectivity index (χ2n) is 24.4. The summed E-state index contributed by atoms with van der Waals surface area (Å²) in [5, 5.41) is 2.44. The molecule has 0 saturated heterocycles. The Morgan fingerprint density at radius 2 is 0.965 bits per heavy atom. The lowest BCUT2D eigenvalue weighted by Crippen LogP contribution is -2.27. The van der Waals surface area contributed by atoms with Crippen molar-refractivity contribution >= 4 is 51.0 Å². The molecule has 0 fully saturated rings. The van der Waals surface area contributed by atoms with Crippen LogP contribution >= 0.6 is 0 Å². The van der Waals surface area contributed by atoms with Gasteiger partial charge in [0.05, 0.1) is 17.6 Å². The van der Waals surface area contributed by atoms with Gasteiger partial charge in [-0.25, -0.2) is 0 Å². The van der Waals surface area contributed by atoms with E-state index in [9.17, 15) is 0 Å². The Labute approximate surface area is 508 Å². The third-order valence-corrected chi connectivity index (χ3v) is 18.2. The van der Waals surface area contributed by atoms with Crippen LogP contribution in [0.1, 0.15) is 93.2 Å². The smallest absolute Gasteiger partial charge is 0.119 e. The van der Waals surface area contributed by atoms with Crippen LogP contribution in [0, 0.1) is 5.92 Å². The molecule has 1 aliphatic carbocycles. The molecule has 3 nitrogen and oxygen atoms in total. The fraction of sp³-hybridized carbons (Fsp3) is 0.157. The van der Waals surface area contributed by atoms with E-state index in [1.54, 1.807) is 0 Å². The maximum atomic E-state index is 6.38. The van der Waals surface area contributed by atoms with Crippen LogP contribution in [0.3, 0.4) is 0 Å². The van der Waals surface area contributed by atoms with Crippen molar-refractivity contribution in [2.75, 3.05) is 11.5 Å². The van der Waals surface area contributed by atoms with Crippen molar-refractivity contribution in [3.8, 4) is 55.9 Å². The number of hydrogen-bond donors (Lipinski definition) is 0. The lowest BCUT2D eigenvalue weighted by atomic mass is 9.69. The number of anilines is 3. The first-order chi connectivity index (χ1) is 42.1. The zero-order valence-electron chi connectivity index (χ0n) is 50.0. The molecule has 0 spiro atoms. The molecule has 1 aliphatic rings. The zero-order valence-corrected chi connectivity index (χ0v) is 50.0. The number of para-hydroxylation sites is 1. The van der Waals surface area contributed by atoms with Crippen molar-refractivity contribution in [3.05, 3.63) is 307 Å². The molecule has 0 aliphatic heterocycles. The summed E-state index contributed by atoms with van der Waals surface area (Å²) in [6.07, 6.45) is 9.13. The number of rotatable bonds is 19. The summed E-state index contributed by atoms with van der Waals surface area (Å²) in [6, 6.07) is 96.8. The van der Waals surface area contributed by atoms with Crippen molar-refractivity contribution in [3.63, 3.8) is 0 Å². The van der Waals surface area contributed by atoms with E-state index in [1.165, 1.54) is 83.0 Å². The van der Waals surface area contributed by atoms with Gasteiger partial charge in [-0.15, -0.1) is 0 Å². The Balaban J connectivity index is 0.884. The Hall–Kier alpha value is -9.70. The summed E-state index contributed by atoms with van der Waals surface area (Å²) >= 11 is 0. The normalized spacial score (nSPS) is 14.0. The number of benzene rings is 11. The molecule has 1 aromatic heterocycles. The highest BCUT2D eigenvalue weighted by Gasteiger charge is 2.44. The Bertz CT molecular complexity index is 4360. The highest BCUT2D eigenvalue weighted by Crippen LogP contribution is 2.56. The van der Waals surface area contributed by atoms with Gasteiger partial charge in [0.15, 0.2) is 0 Å². The van der Waals surface area contributed by atoms with Gasteiger partial charge in [-0.05, 0) is 187 Å². The second kappa shape index (κ2) is 23.7. The van der Waals surface area contributed by atoms with Crippen LogP contribution in [0.25, 0.3) is 84.2 Å². The number of aromatic nitrogens is 1. The van der Waals surface area contributed by atoms with E-state index in [1.807, 2.05) is 12.2 Å². The van der Waals surface area contributed by atoms with Crippen LogP contribution in [-0.2, 0) is 10.8 Å². The number of nitrogens with zero attached hydrogens (tertiary/aromatic N) is 2. The molecule has 11 aromatic carbocycles. The van der Waals surface area contributed by atoms with Crippen LogP contribution in [0.4, 0.5) is 17.1 Å². The van der Waals surface area contributed by atoms with E-state index < -0.39 is 0 Å². The van der Waals surface area contributed by atoms with Crippen LogP contribution < -0.4 is 9.64 Å². The standard InChI is InChI=1S/C83H74N2O/c1-7-58-27-31-63(32-28-58)65-39-51-80-76(54-65)77-55-66(40-52-81(77)85(80)69-23-14-11-15-24-69)64-37-45-71(46-38-64)84(70-43-35-62(36-44-70)61-33-41-67(42-34-61)82(4,5)6)72-47-50-75-74-25-16-17-26-78(74)83(79(75)56-72,68-21-12-10-13-22-68)53-19-18-20-60(9-3)57-86-73-48-29-59(8-2)30-49-73/h7-8,10-17,21-52,54-56,60H,1-2,9,18-20,53,57H2,3-6H3. The topological polar surface area (TPSA) is 17.4 Å². The molecule has 0 bridgehead atoms. The van der Waals surface area contributed by atoms with E-state index in [0.29, 0.717) is 12.5 Å². The van der Waals surface area contributed by atoms with Gasteiger partial charge < -0.3 is 14.2 Å². The molecule has 12 aromatic rings. The SMILES string of the molecule is C=Cc1ccc(OCC(CC)CCCCC2(c3ccccc3)c3ccccc3-c3ccc(N(c4ccc(-c5ccc(C(C)(C)C)cc5)cc4)c4ccc(-c5ccc6c(c5)c5cc(-c7ccc(C=C)cc7)ccc5n6-c5ccccc5)cc4)cc32)cc1. The fourth-order valence-electron chi connectivity index (χ4n) is 13.3. The Morgan fingerprint density at radius 1 is 0.477 bits per heavy atom. The minimum absolute atomic E-state index is 0.0832. The number of ether oxygens (including phenoxy) is 1. The van der Waals surface area contributed by atoms with E-state index >= 15 is 0 Å². The van der Waals surface area contributed by atoms with Gasteiger partial charge in [0.25, 0.3) is 0 Å². The summed E-state index contributed by atoms with van der Waals surface area (Å²) in [7, 11) is 0. The van der Waals surface area contributed by atoms with Crippen molar-refractivity contribution in [1.29, 1.82) is 0 Å². The van der Waals surface area contributed by atoms with Crippen molar-refractivity contribution < 1.29 is 4.74 Å². The molecule has 422 valence electrons. The summed E-state index contributed by atoms with van der Waals surface area (Å²) in [4.78, 5) is 2.46. The lowest BCUT2D eigenvalue weighted by Gasteiger charge is -2.34. The number of fused-ring (bicyclic) bond motifs is 6. The first-order valence-electron chi connectivity index (χ1n) is 30.7. The Kier molecular flexibility index (Phi) is 15.3. The van der Waals surface area contributed by atoms with Crippen molar-refractivity contribution in [2.45, 2.75) is 70.6 Å². The maximum absolute atomic E-state index is 6.38. The van der Waals surface area contributed by atoms with Crippen molar-refractivity contribution in [2.24, 2.45) is 5.92 Å². The summed E-state index contributed by atoms with van der Waals surface area (Å²) in [6.45, 7) is 17.7. The van der Waals surface area contributed by atoms with Gasteiger partial charge in [-0.2, -0.15) is 0 Å². The third kappa shape index (κ3) is 10.7. The maximum Gasteiger partial charge on any atom is 0.119 e. The first kappa shape index (κ1) is 55.5. The molecule has 2 unspecified atom stereocenters. The van der Waals surface area contributed by atoms with Gasteiger partial charge in [0.1, 0.15) is 5.75 Å². The average molecular weight is 1120 g/mol. The largest absolute Gasteiger partial charge is 0.493 e. The molecule has 0 amide bonds. The van der Waals surface area contributed by atoms with E-state index in [-0.39, 0.29) is 10.8 Å². The third-order valence-electron chi connectivity index (χ3n) is 18.2. The predicted octanol–water partition coefficient (Wildman–Crippen LogP) is 22.8. The minimum atomic E-state index is -0.355. The molecular weight excluding hydrogens is 1040 g/mol. The quantitative estimate of drug-likeness (QED) is 0.0751. The van der Waals surface area contributed by atoms with Gasteiger partial charge >= 0.3 is 0 Å². The summed E-state index contributed by atoms with van der Waals surface area (Å²) < 4.78 is 8.78. The molecule has 0 N–H and O–H groups in total. The molecule has 86 heavy (non-hydrogen) atoms. The highest BCUT2D eigenvalue weighted by atomic mass is 16.5. The molecule has 1 heterocycles. The van der Waals surface area contributed by atoms with E-state index in [0.717, 1.165) is 77.3 Å². The van der Waals surface area contributed by atoms with E-state index in [2.05, 4.69) is 311 Å². The summed E-state index contributed by atoms with van der Waals surface area (Å²) in [5.74, 6) is 1.39. The monoisotopic (exact) mass is 1110 g/mol. The Morgan fingerprint density at radius 3 is 1.53 bits per heavy atom. The lowest BCUT2D eigenvalue weighted by molar-refractivity contribution is 0.232. The average Bonchev–Trinajstić information content (AvgIpc) is 1.86. The van der Waals surface area contributed by atoms with Gasteiger partial charge in [-0.3, -0.25) is 0 Å². The van der Waals surface area contributed by atoms with Crippen LogP contribution in [0.5, 0.6) is 5.75 Å². The molecule has 2 atom stereocenters. The molecule has 13 rings (SSSR count). The minimum Gasteiger partial charge on any atom is -0.493 e. The van der Waals surface area contributed by atoms with Gasteiger partial charge in [0, 0.05) is 38.9 Å². The fourth-order valence-corrected chi connectivity index (χ4v) is 13.3. The number of unbranched alkanes of at least 4 members (excludes halogenated alkanes) is 1. The molecule has 0 saturated carbocycles. The first-order valence-corrected chi connectivity index (χ1v) is 30.7. The zero-order chi connectivity index (χ0) is 58.8.